The molecule has 182 valence electrons. The van der Waals surface area contributed by atoms with Crippen LogP contribution < -0.4 is 14.8 Å². The highest BCUT2D eigenvalue weighted by Crippen LogP contribution is 2.52. The van der Waals surface area contributed by atoms with E-state index in [0.29, 0.717) is 37.6 Å². The van der Waals surface area contributed by atoms with Gasteiger partial charge >= 0.3 is 0 Å². The molecule has 0 amide bonds. The van der Waals surface area contributed by atoms with Crippen molar-refractivity contribution in [2.45, 2.75) is 66.2 Å². The van der Waals surface area contributed by atoms with Crippen LogP contribution >= 0.6 is 15.9 Å². The molecule has 5 nitrogen and oxygen atoms in total. The SMILES string of the molecule is C=CCOc1c(Br)cc(C2C3=C(CC(C)(C)CC3=O)NC3=C2C(=O)CC(C)(C)C3)cc1OCC. The Morgan fingerprint density at radius 1 is 1.00 bits per heavy atom. The van der Waals surface area contributed by atoms with E-state index in [0.717, 1.165) is 45.4 Å². The van der Waals surface area contributed by atoms with Gasteiger partial charge in [0, 0.05) is 41.3 Å². The third-order valence-electron chi connectivity index (χ3n) is 6.73. The fourth-order valence-electron chi connectivity index (χ4n) is 5.52. The van der Waals surface area contributed by atoms with E-state index in [4.69, 9.17) is 9.47 Å². The number of nitrogens with one attached hydrogen (secondary N) is 1. The molecular formula is C28H34BrNO4. The van der Waals surface area contributed by atoms with Gasteiger partial charge in [-0.3, -0.25) is 9.59 Å². The number of allylic oxidation sites excluding steroid dienone is 4. The van der Waals surface area contributed by atoms with Crippen molar-refractivity contribution >= 4 is 27.5 Å². The lowest BCUT2D eigenvalue weighted by Crippen LogP contribution is -2.42. The largest absolute Gasteiger partial charge is 0.490 e. The van der Waals surface area contributed by atoms with E-state index < -0.39 is 5.92 Å². The number of halogens is 1. The van der Waals surface area contributed by atoms with Crippen molar-refractivity contribution in [3.05, 3.63) is 57.4 Å². The van der Waals surface area contributed by atoms with Gasteiger partial charge < -0.3 is 14.8 Å². The van der Waals surface area contributed by atoms with E-state index in [9.17, 15) is 9.59 Å². The number of hydrogen-bond donors (Lipinski definition) is 1. The van der Waals surface area contributed by atoms with E-state index in [1.165, 1.54) is 0 Å². The van der Waals surface area contributed by atoms with Gasteiger partial charge in [0.15, 0.2) is 23.1 Å². The summed E-state index contributed by atoms with van der Waals surface area (Å²) in [4.78, 5) is 27.1. The van der Waals surface area contributed by atoms with Crippen LogP contribution in [-0.4, -0.2) is 24.8 Å². The Hall–Kier alpha value is -2.34. The number of hydrogen-bond acceptors (Lipinski definition) is 5. The minimum absolute atomic E-state index is 0.106. The smallest absolute Gasteiger partial charge is 0.175 e. The maximum Gasteiger partial charge on any atom is 0.175 e. The first-order chi connectivity index (χ1) is 16.0. The molecule has 34 heavy (non-hydrogen) atoms. The van der Waals surface area contributed by atoms with E-state index >= 15 is 0 Å². The molecule has 0 fully saturated rings. The lowest BCUT2D eigenvalue weighted by atomic mass is 9.64. The molecule has 0 aromatic heterocycles. The molecule has 2 aliphatic carbocycles. The highest BCUT2D eigenvalue weighted by molar-refractivity contribution is 9.10. The zero-order valence-corrected chi connectivity index (χ0v) is 22.4. The molecule has 0 radical (unpaired) electrons. The molecule has 1 N–H and O–H groups in total. The van der Waals surface area contributed by atoms with Crippen LogP contribution in [0.5, 0.6) is 11.5 Å². The topological polar surface area (TPSA) is 64.6 Å². The van der Waals surface area contributed by atoms with Gasteiger partial charge in [-0.15, -0.1) is 0 Å². The predicted molar refractivity (Wildman–Crippen MR) is 137 cm³/mol. The number of Topliss-reactive ketones (excluding diaryl/α,β-unsaturated/α-hetero) is 2. The van der Waals surface area contributed by atoms with Crippen LogP contribution in [0.1, 0.15) is 71.8 Å². The van der Waals surface area contributed by atoms with E-state index in [-0.39, 0.29) is 22.4 Å². The molecule has 0 spiro atoms. The Morgan fingerprint density at radius 2 is 1.56 bits per heavy atom. The normalized spacial score (nSPS) is 21.6. The van der Waals surface area contributed by atoms with Crippen LogP contribution in [0, 0.1) is 10.8 Å². The molecule has 0 unspecified atom stereocenters. The first-order valence-electron chi connectivity index (χ1n) is 12.0. The summed E-state index contributed by atoms with van der Waals surface area (Å²) in [5.41, 5.74) is 3.97. The molecule has 0 saturated heterocycles. The Bertz CT molecular complexity index is 1070. The van der Waals surface area contributed by atoms with Crippen LogP contribution in [0.15, 0.2) is 51.8 Å². The molecule has 0 atom stereocenters. The second-order valence-corrected chi connectivity index (χ2v) is 11.9. The summed E-state index contributed by atoms with van der Waals surface area (Å²) < 4.78 is 12.5. The first-order valence-corrected chi connectivity index (χ1v) is 12.7. The first kappa shape index (κ1) is 24.8. The lowest BCUT2D eigenvalue weighted by molar-refractivity contribution is -0.119. The van der Waals surface area contributed by atoms with Gasteiger partial charge in [-0.1, -0.05) is 40.3 Å². The molecule has 1 aromatic carbocycles. The average molecular weight is 528 g/mol. The van der Waals surface area contributed by atoms with Crippen LogP contribution in [-0.2, 0) is 9.59 Å². The summed E-state index contributed by atoms with van der Waals surface area (Å²) in [6.07, 6.45) is 4.16. The second kappa shape index (κ2) is 9.03. The molecule has 1 heterocycles. The summed E-state index contributed by atoms with van der Waals surface area (Å²) >= 11 is 3.65. The average Bonchev–Trinajstić information content (AvgIpc) is 2.70. The van der Waals surface area contributed by atoms with Crippen molar-refractivity contribution in [1.82, 2.24) is 5.32 Å². The van der Waals surface area contributed by atoms with Crippen LogP contribution in [0.3, 0.4) is 0 Å². The van der Waals surface area contributed by atoms with E-state index in [1.54, 1.807) is 6.08 Å². The Morgan fingerprint density at radius 3 is 2.06 bits per heavy atom. The van der Waals surface area contributed by atoms with Gasteiger partial charge in [0.25, 0.3) is 0 Å². The van der Waals surface area contributed by atoms with Crippen LogP contribution in [0.25, 0.3) is 0 Å². The molecule has 3 aliphatic rings. The number of benzene rings is 1. The minimum Gasteiger partial charge on any atom is -0.490 e. The fraction of sp³-hybridized carbons (Fsp3) is 0.500. The summed E-state index contributed by atoms with van der Waals surface area (Å²) in [6.45, 7) is 15.0. The summed E-state index contributed by atoms with van der Waals surface area (Å²) in [5.74, 6) is 0.976. The zero-order chi connectivity index (χ0) is 24.8. The number of carbonyl (C=O) groups is 2. The van der Waals surface area contributed by atoms with Crippen molar-refractivity contribution in [1.29, 1.82) is 0 Å². The molecule has 6 heteroatoms. The number of dihydropyridines is 1. The minimum atomic E-state index is -0.414. The van der Waals surface area contributed by atoms with E-state index in [2.05, 4.69) is 55.5 Å². The predicted octanol–water partition coefficient (Wildman–Crippen LogP) is 6.39. The highest BCUT2D eigenvalue weighted by atomic mass is 79.9. The number of ketones is 2. The maximum atomic E-state index is 13.5. The van der Waals surface area contributed by atoms with Gasteiger partial charge in [0.1, 0.15) is 6.61 Å². The maximum absolute atomic E-state index is 13.5. The molecule has 1 aliphatic heterocycles. The van der Waals surface area contributed by atoms with E-state index in [1.807, 2.05) is 19.1 Å². The third kappa shape index (κ3) is 4.61. The van der Waals surface area contributed by atoms with Gasteiger partial charge in [0.2, 0.25) is 0 Å². The van der Waals surface area contributed by atoms with Crippen molar-refractivity contribution in [2.75, 3.05) is 13.2 Å². The highest BCUT2D eigenvalue weighted by Gasteiger charge is 2.46. The molecular weight excluding hydrogens is 494 g/mol. The number of rotatable bonds is 6. The lowest BCUT2D eigenvalue weighted by Gasteiger charge is -2.44. The van der Waals surface area contributed by atoms with Crippen molar-refractivity contribution in [3.63, 3.8) is 0 Å². The van der Waals surface area contributed by atoms with Crippen molar-refractivity contribution in [2.24, 2.45) is 10.8 Å². The van der Waals surface area contributed by atoms with Gasteiger partial charge in [-0.05, 0) is 64.2 Å². The van der Waals surface area contributed by atoms with Gasteiger partial charge in [0.05, 0.1) is 11.1 Å². The Kier molecular flexibility index (Phi) is 6.58. The Balaban J connectivity index is 1.92. The second-order valence-electron chi connectivity index (χ2n) is 11.1. The quantitative estimate of drug-likeness (QED) is 0.434. The summed E-state index contributed by atoms with van der Waals surface area (Å²) in [5, 5.41) is 3.56. The number of ether oxygens (including phenoxy) is 2. The summed E-state index contributed by atoms with van der Waals surface area (Å²) in [7, 11) is 0. The Labute approximate surface area is 210 Å². The van der Waals surface area contributed by atoms with Gasteiger partial charge in [-0.2, -0.15) is 0 Å². The van der Waals surface area contributed by atoms with Gasteiger partial charge in [-0.25, -0.2) is 0 Å². The van der Waals surface area contributed by atoms with Crippen molar-refractivity contribution in [3.8, 4) is 11.5 Å². The molecule has 0 bridgehead atoms. The van der Waals surface area contributed by atoms with Crippen LogP contribution in [0.4, 0.5) is 0 Å². The molecule has 0 saturated carbocycles. The molecule has 1 aromatic rings. The fourth-order valence-corrected chi connectivity index (χ4v) is 6.10. The van der Waals surface area contributed by atoms with Crippen LogP contribution in [0.2, 0.25) is 0 Å². The zero-order valence-electron chi connectivity index (χ0n) is 20.8. The van der Waals surface area contributed by atoms with Crippen molar-refractivity contribution < 1.29 is 19.1 Å². The molecule has 4 rings (SSSR count). The standard InChI is InChI=1S/C28H34BrNO4/c1-7-9-34-26-17(29)10-16(11-22(26)33-8-2)23-24-18(12-27(3,4)14-20(24)31)30-19-13-28(5,6)15-21(32)25(19)23/h7,10-11,23,30H,1,8-9,12-15H2,2-6H3. The number of carbonyl (C=O) groups excluding carboxylic acids is 2. The summed E-state index contributed by atoms with van der Waals surface area (Å²) in [6, 6.07) is 3.89. The third-order valence-corrected chi connectivity index (χ3v) is 7.32. The monoisotopic (exact) mass is 527 g/mol.